The Hall–Kier alpha value is 0.464. The van der Waals surface area contributed by atoms with Gasteiger partial charge in [-0.05, 0) is 0 Å². The summed E-state index contributed by atoms with van der Waals surface area (Å²) in [5, 5.41) is 13.9. The Kier molecular flexibility index (Phi) is 24.3. The van der Waals surface area contributed by atoms with E-state index in [0.29, 0.717) is 0 Å². The zero-order valence-electron chi connectivity index (χ0n) is 2.56. The Morgan fingerprint density at radius 1 is 1.33 bits per heavy atom. The molecule has 0 aromatic carbocycles. The molecular formula is CH4LuO4. The second-order valence-electron chi connectivity index (χ2n) is 0.283. The van der Waals surface area contributed by atoms with E-state index in [4.69, 9.17) is 15.0 Å². The topological polar surface area (TPSA) is 89.0 Å². The van der Waals surface area contributed by atoms with Crippen LogP contribution in [0.4, 0.5) is 4.79 Å². The number of rotatable bonds is 0. The Morgan fingerprint density at radius 3 is 1.33 bits per heavy atom. The first-order chi connectivity index (χ1) is 1.73. The van der Waals surface area contributed by atoms with E-state index in [9.17, 15) is 0 Å². The second-order valence-corrected chi connectivity index (χ2v) is 0.283. The first-order valence-corrected chi connectivity index (χ1v) is 0.651. The van der Waals surface area contributed by atoms with E-state index in [1.54, 1.807) is 0 Å². The molecule has 47 valence electrons. The maximum atomic E-state index is 8.56. The molecule has 0 aromatic rings. The maximum Gasteiger partial charge on any atom is 0.503 e. The first-order valence-electron chi connectivity index (χ1n) is 0.651. The molecular weight excluding hydrogens is 251 g/mol. The van der Waals surface area contributed by atoms with Gasteiger partial charge in [0, 0.05) is 36.9 Å². The molecule has 0 aromatic heterocycles. The Labute approximate surface area is 63.3 Å². The zero-order valence-corrected chi connectivity index (χ0v) is 4.22. The quantitative estimate of drug-likeness (QED) is 0.605. The molecule has 0 saturated heterocycles. The van der Waals surface area contributed by atoms with Crippen LogP contribution in [0.3, 0.4) is 0 Å². The molecule has 5 heteroatoms. The monoisotopic (exact) mass is 255 g/mol. The van der Waals surface area contributed by atoms with Gasteiger partial charge in [-0.2, -0.15) is 0 Å². The van der Waals surface area contributed by atoms with E-state index < -0.39 is 6.16 Å². The van der Waals surface area contributed by atoms with Gasteiger partial charge < -0.3 is 15.7 Å². The van der Waals surface area contributed by atoms with Crippen molar-refractivity contribution < 1.29 is 57.4 Å². The maximum absolute atomic E-state index is 8.56. The molecule has 1 radical (unpaired) electrons. The summed E-state index contributed by atoms with van der Waals surface area (Å²) in [6.07, 6.45) is -1.83. The van der Waals surface area contributed by atoms with Crippen LogP contribution in [0.15, 0.2) is 0 Å². The molecule has 0 spiro atoms. The molecule has 0 rings (SSSR count). The Bertz CT molecular complexity index is 30.5. The molecule has 0 atom stereocenters. The van der Waals surface area contributed by atoms with Gasteiger partial charge in [0.25, 0.3) is 0 Å². The van der Waals surface area contributed by atoms with Gasteiger partial charge in [-0.3, -0.25) is 0 Å². The Balaban J connectivity index is -0.0000000450. The van der Waals surface area contributed by atoms with Crippen LogP contribution in [0.5, 0.6) is 0 Å². The van der Waals surface area contributed by atoms with Crippen molar-refractivity contribution in [1.82, 2.24) is 0 Å². The SMILES string of the molecule is O.O=C(O)O.[Lu]. The van der Waals surface area contributed by atoms with Crippen molar-refractivity contribution in [3.05, 3.63) is 0 Å². The predicted molar refractivity (Wildman–Crippen MR) is 14.3 cm³/mol. The smallest absolute Gasteiger partial charge is 0.450 e. The zero-order chi connectivity index (χ0) is 3.58. The van der Waals surface area contributed by atoms with Crippen molar-refractivity contribution in [1.29, 1.82) is 0 Å². The van der Waals surface area contributed by atoms with Crippen LogP contribution in [0.25, 0.3) is 0 Å². The van der Waals surface area contributed by atoms with Crippen molar-refractivity contribution in [3.63, 3.8) is 0 Å². The van der Waals surface area contributed by atoms with Crippen LogP contribution >= 0.6 is 0 Å². The van der Waals surface area contributed by atoms with Gasteiger partial charge in [0.15, 0.2) is 0 Å². The average molecular weight is 255 g/mol. The number of carbonyl (C=O) groups is 1. The number of hydrogen-bond donors (Lipinski definition) is 2. The largest absolute Gasteiger partial charge is 0.503 e. The van der Waals surface area contributed by atoms with Gasteiger partial charge in [0.1, 0.15) is 0 Å². The molecule has 0 heterocycles. The summed E-state index contributed by atoms with van der Waals surface area (Å²) in [5.41, 5.74) is 0. The second kappa shape index (κ2) is 9.07. The van der Waals surface area contributed by atoms with E-state index in [1.165, 1.54) is 0 Å². The summed E-state index contributed by atoms with van der Waals surface area (Å²) in [7, 11) is 0. The molecule has 0 aliphatic carbocycles. The molecule has 0 aliphatic rings. The predicted octanol–water partition coefficient (Wildman–Crippen LogP) is -0.602. The van der Waals surface area contributed by atoms with E-state index in [0.717, 1.165) is 0 Å². The fraction of sp³-hybridized carbons (Fsp3) is 0. The van der Waals surface area contributed by atoms with Gasteiger partial charge in [-0.15, -0.1) is 0 Å². The summed E-state index contributed by atoms with van der Waals surface area (Å²) < 4.78 is 0. The third-order valence-corrected chi connectivity index (χ3v) is 0. The van der Waals surface area contributed by atoms with Crippen molar-refractivity contribution in [3.8, 4) is 0 Å². The summed E-state index contributed by atoms with van der Waals surface area (Å²) in [4.78, 5) is 8.56. The molecule has 0 unspecified atom stereocenters. The molecule has 0 aliphatic heterocycles. The van der Waals surface area contributed by atoms with Crippen LogP contribution in [-0.2, 0) is 0 Å². The van der Waals surface area contributed by atoms with Crippen molar-refractivity contribution in [2.75, 3.05) is 0 Å². The van der Waals surface area contributed by atoms with Gasteiger partial charge >= 0.3 is 6.16 Å². The fourth-order valence-electron chi connectivity index (χ4n) is 0. The number of carboxylic acid groups (broad SMARTS) is 2. The van der Waals surface area contributed by atoms with Crippen LogP contribution in [-0.4, -0.2) is 21.8 Å². The summed E-state index contributed by atoms with van der Waals surface area (Å²) in [6, 6.07) is 0. The van der Waals surface area contributed by atoms with Gasteiger partial charge in [0.05, 0.1) is 0 Å². The molecule has 0 bridgehead atoms. The minimum atomic E-state index is -1.83. The standard InChI is InChI=1S/CH2O3.Lu.H2O/c2-1(3)4;;/h(H2,2,3,4);;1H2. The van der Waals surface area contributed by atoms with E-state index in [2.05, 4.69) is 0 Å². The third-order valence-electron chi connectivity index (χ3n) is 0. The van der Waals surface area contributed by atoms with Crippen molar-refractivity contribution in [2.45, 2.75) is 0 Å². The van der Waals surface area contributed by atoms with Crippen LogP contribution < -0.4 is 0 Å². The van der Waals surface area contributed by atoms with Crippen LogP contribution in [0, 0.1) is 36.9 Å². The van der Waals surface area contributed by atoms with Crippen molar-refractivity contribution >= 4 is 6.16 Å². The minimum absolute atomic E-state index is 0. The van der Waals surface area contributed by atoms with Crippen molar-refractivity contribution in [2.24, 2.45) is 0 Å². The summed E-state index contributed by atoms with van der Waals surface area (Å²) in [6.45, 7) is 0. The normalized spacial score (nSPS) is 4.00. The summed E-state index contributed by atoms with van der Waals surface area (Å²) in [5.74, 6) is 0. The molecule has 6 heavy (non-hydrogen) atoms. The number of hydrogen-bond acceptors (Lipinski definition) is 1. The molecule has 0 saturated carbocycles. The molecule has 4 N–H and O–H groups in total. The van der Waals surface area contributed by atoms with Gasteiger partial charge in [-0.25, -0.2) is 4.79 Å². The van der Waals surface area contributed by atoms with E-state index in [1.807, 2.05) is 0 Å². The summed E-state index contributed by atoms with van der Waals surface area (Å²) >= 11 is 0. The Morgan fingerprint density at radius 2 is 1.33 bits per heavy atom. The fourth-order valence-corrected chi connectivity index (χ4v) is 0. The molecule has 0 amide bonds. The van der Waals surface area contributed by atoms with Gasteiger partial charge in [-0.1, -0.05) is 0 Å². The van der Waals surface area contributed by atoms with E-state index in [-0.39, 0.29) is 42.4 Å². The minimum Gasteiger partial charge on any atom is -0.450 e. The first kappa shape index (κ1) is 16.1. The van der Waals surface area contributed by atoms with Gasteiger partial charge in [0.2, 0.25) is 0 Å². The molecule has 0 fully saturated rings. The van der Waals surface area contributed by atoms with E-state index >= 15 is 0 Å². The molecule has 4 nitrogen and oxygen atoms in total. The third kappa shape index (κ3) is 249. The van der Waals surface area contributed by atoms with Crippen LogP contribution in [0.2, 0.25) is 0 Å². The average Bonchev–Trinajstić information content (AvgIpc) is 0.811. The van der Waals surface area contributed by atoms with Crippen LogP contribution in [0.1, 0.15) is 0 Å².